The summed E-state index contributed by atoms with van der Waals surface area (Å²) < 4.78 is 0. The molecular formula is C16H16N6O4. The number of nitrogens with two attached hydrogens (primary N) is 1. The minimum atomic E-state index is -1.16. The number of fused-ring (bicyclic) bond motifs is 1. The Labute approximate surface area is 147 Å². The van der Waals surface area contributed by atoms with Gasteiger partial charge in [0.2, 0.25) is 17.8 Å². The van der Waals surface area contributed by atoms with Crippen molar-refractivity contribution in [3.05, 3.63) is 45.7 Å². The van der Waals surface area contributed by atoms with Crippen molar-refractivity contribution < 1.29 is 14.4 Å². The standard InChI is InChI=1S/C16H16N6O4/c1-7-2-4-8(5-3-7)18-16-20-12-11(14(25)22-16)9(6-10(23)19-12)13(24)21-15(17)26/h2-5,9H,6H2,1H3,(H3,17,21,24,26)(H3,18,19,20,22,23,25)/t9-/m0/s1. The van der Waals surface area contributed by atoms with E-state index in [2.05, 4.69) is 20.6 Å². The predicted octanol–water partition coefficient (Wildman–Crippen LogP) is 0.443. The first-order valence-corrected chi connectivity index (χ1v) is 7.71. The van der Waals surface area contributed by atoms with E-state index < -0.39 is 29.3 Å². The highest BCUT2D eigenvalue weighted by Crippen LogP contribution is 2.29. The van der Waals surface area contributed by atoms with Crippen LogP contribution in [0.5, 0.6) is 0 Å². The van der Waals surface area contributed by atoms with Crippen LogP contribution < -0.4 is 27.2 Å². The van der Waals surface area contributed by atoms with Gasteiger partial charge in [-0.05, 0) is 19.1 Å². The number of H-pyrrole nitrogens is 1. The van der Waals surface area contributed by atoms with E-state index >= 15 is 0 Å². The molecule has 1 aromatic heterocycles. The third kappa shape index (κ3) is 3.53. The van der Waals surface area contributed by atoms with E-state index in [0.29, 0.717) is 5.69 Å². The van der Waals surface area contributed by atoms with Crippen molar-refractivity contribution in [2.75, 3.05) is 10.6 Å². The number of hydrogen-bond donors (Lipinski definition) is 5. The van der Waals surface area contributed by atoms with Gasteiger partial charge in [0, 0.05) is 12.1 Å². The van der Waals surface area contributed by atoms with Gasteiger partial charge >= 0.3 is 6.03 Å². The number of carbonyl (C=O) groups is 3. The maximum absolute atomic E-state index is 12.5. The first kappa shape index (κ1) is 17.1. The fourth-order valence-corrected chi connectivity index (χ4v) is 2.64. The Hall–Kier alpha value is -3.69. The lowest BCUT2D eigenvalue weighted by atomic mass is 9.92. The predicted molar refractivity (Wildman–Crippen MR) is 93.0 cm³/mol. The number of amides is 4. The van der Waals surface area contributed by atoms with Gasteiger partial charge in [0.15, 0.2) is 0 Å². The Morgan fingerprint density at radius 3 is 2.58 bits per heavy atom. The summed E-state index contributed by atoms with van der Waals surface area (Å²) in [6, 6.07) is 6.30. The molecule has 134 valence electrons. The molecular weight excluding hydrogens is 340 g/mol. The summed E-state index contributed by atoms with van der Waals surface area (Å²) in [5.41, 5.74) is 6.05. The van der Waals surface area contributed by atoms with E-state index in [1.54, 1.807) is 12.1 Å². The van der Waals surface area contributed by atoms with Gasteiger partial charge in [-0.2, -0.15) is 4.98 Å². The number of urea groups is 1. The molecule has 3 rings (SSSR count). The second kappa shape index (κ2) is 6.67. The van der Waals surface area contributed by atoms with Crippen molar-refractivity contribution in [2.45, 2.75) is 19.3 Å². The van der Waals surface area contributed by atoms with E-state index in [1.165, 1.54) is 0 Å². The van der Waals surface area contributed by atoms with Gasteiger partial charge in [-0.3, -0.25) is 24.7 Å². The van der Waals surface area contributed by atoms with Crippen molar-refractivity contribution in [1.29, 1.82) is 0 Å². The number of aryl methyl sites for hydroxylation is 1. The van der Waals surface area contributed by atoms with Gasteiger partial charge in [0.25, 0.3) is 5.56 Å². The van der Waals surface area contributed by atoms with Gasteiger partial charge in [-0.15, -0.1) is 0 Å². The topological polar surface area (TPSA) is 159 Å². The quantitative estimate of drug-likeness (QED) is 0.536. The normalized spacial score (nSPS) is 15.6. The van der Waals surface area contributed by atoms with E-state index in [1.807, 2.05) is 24.4 Å². The molecule has 1 aromatic carbocycles. The van der Waals surface area contributed by atoms with Crippen molar-refractivity contribution in [1.82, 2.24) is 15.3 Å². The highest BCUT2D eigenvalue weighted by Gasteiger charge is 2.35. The van der Waals surface area contributed by atoms with Gasteiger partial charge in [-0.1, -0.05) is 17.7 Å². The highest BCUT2D eigenvalue weighted by atomic mass is 16.2. The lowest BCUT2D eigenvalue weighted by Crippen LogP contribution is -2.43. The van der Waals surface area contributed by atoms with Crippen LogP contribution in [-0.4, -0.2) is 27.8 Å². The van der Waals surface area contributed by atoms with E-state index in [9.17, 15) is 19.2 Å². The molecule has 0 spiro atoms. The summed E-state index contributed by atoms with van der Waals surface area (Å²) in [4.78, 5) is 54.0. The minimum absolute atomic E-state index is 0.0298. The zero-order valence-electron chi connectivity index (χ0n) is 13.8. The van der Waals surface area contributed by atoms with Crippen molar-refractivity contribution >= 4 is 35.3 Å². The smallest absolute Gasteiger partial charge is 0.318 e. The summed E-state index contributed by atoms with van der Waals surface area (Å²) in [6.45, 7) is 1.94. The maximum Gasteiger partial charge on any atom is 0.318 e. The number of nitrogens with one attached hydrogen (secondary N) is 4. The zero-order chi connectivity index (χ0) is 18.8. The average molecular weight is 356 g/mol. The Kier molecular flexibility index (Phi) is 4.40. The highest BCUT2D eigenvalue weighted by molar-refractivity contribution is 6.04. The number of benzene rings is 1. The molecule has 1 atom stereocenters. The Morgan fingerprint density at radius 1 is 1.23 bits per heavy atom. The average Bonchev–Trinajstić information content (AvgIpc) is 2.55. The second-order valence-electron chi connectivity index (χ2n) is 5.83. The second-order valence-corrected chi connectivity index (χ2v) is 5.83. The molecule has 0 saturated carbocycles. The number of carbonyl (C=O) groups excluding carboxylic acids is 3. The third-order valence-corrected chi connectivity index (χ3v) is 3.83. The third-order valence-electron chi connectivity index (χ3n) is 3.83. The van der Waals surface area contributed by atoms with Crippen LogP contribution in [0, 0.1) is 6.92 Å². The Morgan fingerprint density at radius 2 is 1.92 bits per heavy atom. The molecule has 10 nitrogen and oxygen atoms in total. The van der Waals surface area contributed by atoms with Crippen LogP contribution >= 0.6 is 0 Å². The number of nitrogens with zero attached hydrogens (tertiary/aromatic N) is 1. The molecule has 0 aliphatic carbocycles. The van der Waals surface area contributed by atoms with E-state index in [0.717, 1.165) is 5.56 Å². The lowest BCUT2D eigenvalue weighted by Gasteiger charge is -2.23. The summed E-state index contributed by atoms with van der Waals surface area (Å²) >= 11 is 0. The van der Waals surface area contributed by atoms with Crippen LogP contribution in [0.4, 0.5) is 22.2 Å². The Bertz CT molecular complexity index is 950. The molecule has 10 heteroatoms. The fraction of sp³-hybridized carbons (Fsp3) is 0.188. The van der Waals surface area contributed by atoms with Crippen LogP contribution in [0.1, 0.15) is 23.5 Å². The molecule has 1 aliphatic rings. The fourth-order valence-electron chi connectivity index (χ4n) is 2.64. The molecule has 0 unspecified atom stereocenters. The van der Waals surface area contributed by atoms with Crippen molar-refractivity contribution in [2.24, 2.45) is 5.73 Å². The van der Waals surface area contributed by atoms with E-state index in [-0.39, 0.29) is 23.8 Å². The van der Waals surface area contributed by atoms with Gasteiger partial charge in [-0.25, -0.2) is 4.79 Å². The molecule has 1 aliphatic heterocycles. The molecule has 0 bridgehead atoms. The number of aromatic nitrogens is 2. The first-order valence-electron chi connectivity index (χ1n) is 7.71. The number of rotatable bonds is 3. The van der Waals surface area contributed by atoms with Crippen molar-refractivity contribution in [3.8, 4) is 0 Å². The van der Waals surface area contributed by atoms with Gasteiger partial charge in [0.05, 0.1) is 11.5 Å². The molecule has 0 fully saturated rings. The largest absolute Gasteiger partial charge is 0.351 e. The van der Waals surface area contributed by atoms with Crippen LogP contribution in [0.2, 0.25) is 0 Å². The summed E-state index contributed by atoms with van der Waals surface area (Å²) in [5.74, 6) is -2.42. The number of primary amides is 1. The minimum Gasteiger partial charge on any atom is -0.351 e. The van der Waals surface area contributed by atoms with Gasteiger partial charge in [0.1, 0.15) is 5.82 Å². The molecule has 26 heavy (non-hydrogen) atoms. The molecule has 2 heterocycles. The zero-order valence-corrected chi connectivity index (χ0v) is 13.8. The van der Waals surface area contributed by atoms with Gasteiger partial charge < -0.3 is 16.4 Å². The molecule has 4 amide bonds. The Balaban J connectivity index is 1.96. The molecule has 0 saturated heterocycles. The SMILES string of the molecule is Cc1ccc(Nc2nc3c(c(=O)[nH]2)[C@@H](C(=O)NC(N)=O)CC(=O)N3)cc1. The van der Waals surface area contributed by atoms with Crippen molar-refractivity contribution in [3.63, 3.8) is 0 Å². The first-order chi connectivity index (χ1) is 12.3. The summed E-state index contributed by atoms with van der Waals surface area (Å²) in [6.07, 6.45) is -0.290. The van der Waals surface area contributed by atoms with Crippen LogP contribution in [0.3, 0.4) is 0 Å². The van der Waals surface area contributed by atoms with Crippen LogP contribution in [0.25, 0.3) is 0 Å². The summed E-state index contributed by atoms with van der Waals surface area (Å²) in [7, 11) is 0. The molecule has 2 aromatic rings. The maximum atomic E-state index is 12.5. The molecule has 0 radical (unpaired) electrons. The van der Waals surface area contributed by atoms with Crippen LogP contribution in [-0.2, 0) is 9.59 Å². The molecule has 6 N–H and O–H groups in total. The number of anilines is 3. The summed E-state index contributed by atoms with van der Waals surface area (Å²) in [5, 5.41) is 7.27. The van der Waals surface area contributed by atoms with E-state index in [4.69, 9.17) is 5.73 Å². The van der Waals surface area contributed by atoms with Crippen LogP contribution in [0.15, 0.2) is 29.1 Å². The number of imide groups is 1. The lowest BCUT2D eigenvalue weighted by molar-refractivity contribution is -0.125. The monoisotopic (exact) mass is 356 g/mol. The number of hydrogen-bond acceptors (Lipinski definition) is 6. The number of aromatic amines is 1.